The van der Waals surface area contributed by atoms with Gasteiger partial charge in [0.15, 0.2) is 0 Å². The van der Waals surface area contributed by atoms with Crippen molar-refractivity contribution in [2.75, 3.05) is 38.0 Å². The fourth-order valence-electron chi connectivity index (χ4n) is 3.47. The molecule has 2 aromatic rings. The first-order valence-electron chi connectivity index (χ1n) is 9.66. The number of aromatic nitrogens is 2. The third kappa shape index (κ3) is 4.72. The number of nitrogens with one attached hydrogen (secondary N) is 1. The predicted octanol–water partition coefficient (Wildman–Crippen LogP) is 2.08. The molecule has 1 aromatic heterocycles. The standard InChI is InChI=1S/C20H24ClN5O2/c21-17-3-1-2-15(12-17)13-26-18(6-7-22-26)23-19(27)14-24-8-10-25(11-9-24)20(28)16-4-5-16/h1-3,6-7,12,16H,4-5,8-11,13-14H2,(H,23,27). The normalized spacial score (nSPS) is 17.5. The maximum Gasteiger partial charge on any atom is 0.239 e. The summed E-state index contributed by atoms with van der Waals surface area (Å²) >= 11 is 6.04. The van der Waals surface area contributed by atoms with Crippen LogP contribution in [0.4, 0.5) is 5.82 Å². The monoisotopic (exact) mass is 401 g/mol. The van der Waals surface area contributed by atoms with Crippen LogP contribution in [-0.4, -0.2) is 64.1 Å². The average molecular weight is 402 g/mol. The number of carbonyl (C=O) groups is 2. The van der Waals surface area contributed by atoms with E-state index in [9.17, 15) is 9.59 Å². The van der Waals surface area contributed by atoms with Gasteiger partial charge in [-0.25, -0.2) is 4.68 Å². The molecule has 2 aliphatic rings. The summed E-state index contributed by atoms with van der Waals surface area (Å²) in [7, 11) is 0. The summed E-state index contributed by atoms with van der Waals surface area (Å²) < 4.78 is 1.75. The first-order valence-corrected chi connectivity index (χ1v) is 10.0. The number of rotatable bonds is 6. The van der Waals surface area contributed by atoms with Gasteiger partial charge in [0.2, 0.25) is 11.8 Å². The van der Waals surface area contributed by atoms with E-state index in [2.05, 4.69) is 15.3 Å². The first kappa shape index (κ1) is 19.0. The van der Waals surface area contributed by atoms with Crippen molar-refractivity contribution in [3.8, 4) is 0 Å². The Morgan fingerprint density at radius 2 is 1.93 bits per heavy atom. The molecule has 0 spiro atoms. The van der Waals surface area contributed by atoms with E-state index < -0.39 is 0 Å². The van der Waals surface area contributed by atoms with Crippen LogP contribution >= 0.6 is 11.6 Å². The molecular weight excluding hydrogens is 378 g/mol. The van der Waals surface area contributed by atoms with Gasteiger partial charge in [0.1, 0.15) is 5.82 Å². The SMILES string of the molecule is O=C(CN1CCN(C(=O)C2CC2)CC1)Nc1ccnn1Cc1cccc(Cl)c1. The average Bonchev–Trinajstić information content (AvgIpc) is 3.44. The number of benzene rings is 1. The largest absolute Gasteiger partial charge is 0.340 e. The lowest BCUT2D eigenvalue weighted by atomic mass is 10.2. The minimum atomic E-state index is -0.0742. The maximum absolute atomic E-state index is 12.5. The molecular formula is C20H24ClN5O2. The molecule has 0 bridgehead atoms. The molecule has 1 aromatic carbocycles. The third-order valence-corrected chi connectivity index (χ3v) is 5.42. The van der Waals surface area contributed by atoms with E-state index in [4.69, 9.17) is 11.6 Å². The summed E-state index contributed by atoms with van der Waals surface area (Å²) in [5.74, 6) is 1.13. The van der Waals surface area contributed by atoms with Crippen LogP contribution in [0.15, 0.2) is 36.5 Å². The fourth-order valence-corrected chi connectivity index (χ4v) is 3.69. The number of anilines is 1. The molecule has 1 saturated heterocycles. The van der Waals surface area contributed by atoms with Crippen LogP contribution < -0.4 is 5.32 Å². The zero-order valence-electron chi connectivity index (χ0n) is 15.7. The van der Waals surface area contributed by atoms with Gasteiger partial charge in [0, 0.05) is 43.2 Å². The summed E-state index contributed by atoms with van der Waals surface area (Å²) in [6, 6.07) is 9.37. The molecule has 1 aliphatic heterocycles. The van der Waals surface area contributed by atoms with Gasteiger partial charge in [-0.3, -0.25) is 14.5 Å². The van der Waals surface area contributed by atoms with Crippen molar-refractivity contribution in [1.82, 2.24) is 19.6 Å². The lowest BCUT2D eigenvalue weighted by molar-refractivity contribution is -0.134. The van der Waals surface area contributed by atoms with Crippen molar-refractivity contribution < 1.29 is 9.59 Å². The second-order valence-corrected chi connectivity index (χ2v) is 7.86. The third-order valence-electron chi connectivity index (χ3n) is 5.18. The van der Waals surface area contributed by atoms with E-state index in [0.717, 1.165) is 31.5 Å². The van der Waals surface area contributed by atoms with Crippen LogP contribution in [0.5, 0.6) is 0 Å². The number of hydrogen-bond acceptors (Lipinski definition) is 4. The molecule has 4 rings (SSSR count). The van der Waals surface area contributed by atoms with Crippen LogP contribution in [0.25, 0.3) is 0 Å². The topological polar surface area (TPSA) is 70.5 Å². The molecule has 148 valence electrons. The van der Waals surface area contributed by atoms with E-state index in [-0.39, 0.29) is 17.7 Å². The zero-order chi connectivity index (χ0) is 19.5. The highest BCUT2D eigenvalue weighted by Gasteiger charge is 2.34. The van der Waals surface area contributed by atoms with E-state index in [0.29, 0.717) is 37.0 Å². The quantitative estimate of drug-likeness (QED) is 0.804. The number of carbonyl (C=O) groups excluding carboxylic acids is 2. The molecule has 28 heavy (non-hydrogen) atoms. The molecule has 1 saturated carbocycles. The van der Waals surface area contributed by atoms with Crippen LogP contribution in [0.1, 0.15) is 18.4 Å². The van der Waals surface area contributed by atoms with Gasteiger partial charge in [0.05, 0.1) is 19.3 Å². The van der Waals surface area contributed by atoms with Gasteiger partial charge in [-0.15, -0.1) is 0 Å². The molecule has 8 heteroatoms. The lowest BCUT2D eigenvalue weighted by Crippen LogP contribution is -2.50. The van der Waals surface area contributed by atoms with E-state index in [1.54, 1.807) is 16.9 Å². The van der Waals surface area contributed by atoms with Crippen molar-refractivity contribution in [2.24, 2.45) is 5.92 Å². The molecule has 2 amide bonds. The highest BCUT2D eigenvalue weighted by Crippen LogP contribution is 2.31. The summed E-state index contributed by atoms with van der Waals surface area (Å²) in [5.41, 5.74) is 1.02. The summed E-state index contributed by atoms with van der Waals surface area (Å²) in [4.78, 5) is 28.6. The predicted molar refractivity (Wildman–Crippen MR) is 107 cm³/mol. The van der Waals surface area contributed by atoms with Crippen molar-refractivity contribution in [3.63, 3.8) is 0 Å². The van der Waals surface area contributed by atoms with Gasteiger partial charge in [-0.05, 0) is 30.5 Å². The Morgan fingerprint density at radius 3 is 2.64 bits per heavy atom. The zero-order valence-corrected chi connectivity index (χ0v) is 16.4. The van der Waals surface area contributed by atoms with Gasteiger partial charge in [0.25, 0.3) is 0 Å². The van der Waals surface area contributed by atoms with E-state index in [1.165, 1.54) is 0 Å². The molecule has 1 aliphatic carbocycles. The first-order chi connectivity index (χ1) is 13.6. The number of nitrogens with zero attached hydrogens (tertiary/aromatic N) is 4. The molecule has 2 fully saturated rings. The second kappa shape index (κ2) is 8.32. The van der Waals surface area contributed by atoms with Gasteiger partial charge < -0.3 is 10.2 Å². The molecule has 0 atom stereocenters. The fraction of sp³-hybridized carbons (Fsp3) is 0.450. The van der Waals surface area contributed by atoms with Crippen molar-refractivity contribution >= 4 is 29.2 Å². The van der Waals surface area contributed by atoms with Crippen molar-refractivity contribution in [3.05, 3.63) is 47.1 Å². The second-order valence-electron chi connectivity index (χ2n) is 7.43. The molecule has 1 N–H and O–H groups in total. The Morgan fingerprint density at radius 1 is 1.14 bits per heavy atom. The summed E-state index contributed by atoms with van der Waals surface area (Å²) in [6.45, 7) is 3.71. The van der Waals surface area contributed by atoms with Crippen LogP contribution in [0.3, 0.4) is 0 Å². The van der Waals surface area contributed by atoms with Crippen molar-refractivity contribution in [1.29, 1.82) is 0 Å². The summed E-state index contributed by atoms with van der Waals surface area (Å²) in [6.07, 6.45) is 3.73. The maximum atomic E-state index is 12.5. The Hall–Kier alpha value is -2.38. The lowest BCUT2D eigenvalue weighted by Gasteiger charge is -2.34. The minimum absolute atomic E-state index is 0.0742. The van der Waals surface area contributed by atoms with Crippen LogP contribution in [0.2, 0.25) is 5.02 Å². The number of piperazine rings is 1. The molecule has 0 radical (unpaired) electrons. The van der Waals surface area contributed by atoms with Gasteiger partial charge in [-0.1, -0.05) is 23.7 Å². The van der Waals surface area contributed by atoms with Gasteiger partial charge in [-0.2, -0.15) is 5.10 Å². The molecule has 0 unspecified atom stereocenters. The molecule has 7 nitrogen and oxygen atoms in total. The minimum Gasteiger partial charge on any atom is -0.340 e. The van der Waals surface area contributed by atoms with E-state index in [1.807, 2.05) is 29.2 Å². The Labute approximate surface area is 169 Å². The number of hydrogen-bond donors (Lipinski definition) is 1. The van der Waals surface area contributed by atoms with Crippen LogP contribution in [0, 0.1) is 5.92 Å². The summed E-state index contributed by atoms with van der Waals surface area (Å²) in [5, 5.41) is 7.91. The number of halogens is 1. The van der Waals surface area contributed by atoms with E-state index >= 15 is 0 Å². The Balaban J connectivity index is 1.28. The Kier molecular flexibility index (Phi) is 5.64. The Bertz CT molecular complexity index is 856. The van der Waals surface area contributed by atoms with Gasteiger partial charge >= 0.3 is 0 Å². The molecule has 2 heterocycles. The highest BCUT2D eigenvalue weighted by molar-refractivity contribution is 6.30. The van der Waals surface area contributed by atoms with Crippen molar-refractivity contribution in [2.45, 2.75) is 19.4 Å². The number of amides is 2. The smallest absolute Gasteiger partial charge is 0.239 e. The van der Waals surface area contributed by atoms with Crippen LogP contribution in [-0.2, 0) is 16.1 Å². The highest BCUT2D eigenvalue weighted by atomic mass is 35.5.